The highest BCUT2D eigenvalue weighted by Gasteiger charge is 2.44. The number of carbonyl (C=O) groups is 2. The van der Waals surface area contributed by atoms with Crippen molar-refractivity contribution < 1.29 is 49.0 Å². The van der Waals surface area contributed by atoms with E-state index < -0.39 is 55.4 Å². The van der Waals surface area contributed by atoms with Crippen molar-refractivity contribution >= 4 is 11.9 Å². The largest absolute Gasteiger partial charge is 0.462 e. The first-order valence-corrected chi connectivity index (χ1v) is 18.7. The van der Waals surface area contributed by atoms with Crippen molar-refractivity contribution in [2.24, 2.45) is 0 Å². The molecule has 0 saturated carbocycles. The molecule has 1 aliphatic heterocycles. The first kappa shape index (κ1) is 44.7. The molecule has 282 valence electrons. The van der Waals surface area contributed by atoms with Crippen LogP contribution >= 0.6 is 0 Å². The minimum atomic E-state index is -1.60. The molecule has 1 fully saturated rings. The van der Waals surface area contributed by atoms with E-state index in [9.17, 15) is 30.0 Å². The maximum atomic E-state index is 12.7. The van der Waals surface area contributed by atoms with E-state index in [0.717, 1.165) is 64.2 Å². The fourth-order valence-electron chi connectivity index (χ4n) is 5.24. The molecule has 0 spiro atoms. The van der Waals surface area contributed by atoms with Crippen molar-refractivity contribution in [2.45, 2.75) is 166 Å². The Kier molecular flexibility index (Phi) is 27.8. The lowest BCUT2D eigenvalue weighted by Gasteiger charge is -2.39. The van der Waals surface area contributed by atoms with Crippen molar-refractivity contribution in [1.29, 1.82) is 0 Å². The normalized spacial score (nSPS) is 22.1. The maximum Gasteiger partial charge on any atom is 0.306 e. The Bertz CT molecular complexity index is 944. The van der Waals surface area contributed by atoms with E-state index in [2.05, 4.69) is 62.5 Å². The second kappa shape index (κ2) is 30.5. The number of ether oxygens (including phenoxy) is 4. The summed E-state index contributed by atoms with van der Waals surface area (Å²) in [5, 5.41) is 39.8. The molecule has 1 aliphatic rings. The van der Waals surface area contributed by atoms with Gasteiger partial charge in [-0.2, -0.15) is 0 Å². The van der Waals surface area contributed by atoms with Crippen LogP contribution in [0.1, 0.15) is 129 Å². The summed E-state index contributed by atoms with van der Waals surface area (Å²) < 4.78 is 22.0. The smallest absolute Gasteiger partial charge is 0.306 e. The van der Waals surface area contributed by atoms with Gasteiger partial charge in [0.1, 0.15) is 31.0 Å². The molecule has 1 rings (SSSR count). The van der Waals surface area contributed by atoms with Crippen LogP contribution in [0.2, 0.25) is 0 Å². The molecule has 49 heavy (non-hydrogen) atoms. The van der Waals surface area contributed by atoms with E-state index in [1.807, 2.05) is 0 Å². The molecule has 0 aromatic carbocycles. The number of carbonyl (C=O) groups excluding carboxylic acids is 2. The van der Waals surface area contributed by atoms with Crippen LogP contribution in [-0.4, -0.2) is 89.0 Å². The number of hydrogen-bond acceptors (Lipinski definition) is 10. The Hall–Kier alpha value is -2.34. The van der Waals surface area contributed by atoms with E-state index in [4.69, 9.17) is 18.9 Å². The lowest BCUT2D eigenvalue weighted by molar-refractivity contribution is -0.305. The molecule has 0 aromatic rings. The number of aliphatic hydroxyl groups is 4. The van der Waals surface area contributed by atoms with Crippen molar-refractivity contribution in [2.75, 3.05) is 19.8 Å². The molecule has 0 radical (unpaired) electrons. The van der Waals surface area contributed by atoms with Gasteiger partial charge in [0.2, 0.25) is 0 Å². The van der Waals surface area contributed by atoms with Crippen molar-refractivity contribution in [3.05, 3.63) is 48.6 Å². The van der Waals surface area contributed by atoms with Gasteiger partial charge in [0.15, 0.2) is 12.4 Å². The van der Waals surface area contributed by atoms with Crippen LogP contribution in [0.25, 0.3) is 0 Å². The van der Waals surface area contributed by atoms with Gasteiger partial charge in [0.05, 0.1) is 13.2 Å². The molecule has 0 bridgehead atoms. The van der Waals surface area contributed by atoms with Gasteiger partial charge >= 0.3 is 11.9 Å². The number of allylic oxidation sites excluding steroid dienone is 8. The Morgan fingerprint density at radius 1 is 0.653 bits per heavy atom. The quantitative estimate of drug-likeness (QED) is 0.0386. The third-order valence-corrected chi connectivity index (χ3v) is 8.23. The summed E-state index contributed by atoms with van der Waals surface area (Å²) in [4.78, 5) is 25.1. The van der Waals surface area contributed by atoms with Gasteiger partial charge in [-0.1, -0.05) is 114 Å². The van der Waals surface area contributed by atoms with Crippen LogP contribution in [-0.2, 0) is 28.5 Å². The van der Waals surface area contributed by atoms with E-state index in [-0.39, 0.29) is 26.1 Å². The standard InChI is InChI=1S/C39H66O10/c1-3-5-7-9-11-13-14-15-16-17-18-20-22-24-26-28-35(42)48-32(31-47-39-38(45)37(44)36(43)33(29-40)49-39)30-46-34(41)27-25-23-21-19-12-10-8-6-4-2/h5,7,11,13,15-16,18,20,32-33,36-40,43-45H,3-4,6,8-10,12,14,17,19,21-31H2,1-2H3/b7-5-,13-11-,16-15-,20-18-. The Balaban J connectivity index is 2.45. The summed E-state index contributed by atoms with van der Waals surface area (Å²) in [6.07, 6.45) is 25.6. The maximum absolute atomic E-state index is 12.7. The summed E-state index contributed by atoms with van der Waals surface area (Å²) in [5.74, 6) is -0.864. The van der Waals surface area contributed by atoms with E-state index in [1.54, 1.807) is 0 Å². The predicted molar refractivity (Wildman–Crippen MR) is 192 cm³/mol. The second-order valence-corrected chi connectivity index (χ2v) is 12.7. The minimum Gasteiger partial charge on any atom is -0.462 e. The van der Waals surface area contributed by atoms with E-state index in [0.29, 0.717) is 6.42 Å². The van der Waals surface area contributed by atoms with Crippen LogP contribution in [0.15, 0.2) is 48.6 Å². The predicted octanol–water partition coefficient (Wildman–Crippen LogP) is 6.54. The van der Waals surface area contributed by atoms with Crippen molar-refractivity contribution in [3.63, 3.8) is 0 Å². The van der Waals surface area contributed by atoms with Gasteiger partial charge < -0.3 is 39.4 Å². The van der Waals surface area contributed by atoms with Crippen LogP contribution < -0.4 is 0 Å². The average Bonchev–Trinajstić information content (AvgIpc) is 3.10. The third kappa shape index (κ3) is 22.9. The zero-order valence-electron chi connectivity index (χ0n) is 30.2. The van der Waals surface area contributed by atoms with Crippen LogP contribution in [0.4, 0.5) is 0 Å². The van der Waals surface area contributed by atoms with Gasteiger partial charge in [0.25, 0.3) is 0 Å². The van der Waals surface area contributed by atoms with Crippen molar-refractivity contribution in [3.8, 4) is 0 Å². The van der Waals surface area contributed by atoms with Gasteiger partial charge in [-0.05, 0) is 51.4 Å². The molecule has 0 amide bonds. The van der Waals surface area contributed by atoms with E-state index in [1.165, 1.54) is 32.1 Å². The van der Waals surface area contributed by atoms with Crippen LogP contribution in [0.5, 0.6) is 0 Å². The molecule has 1 heterocycles. The Morgan fingerprint density at radius 2 is 1.20 bits per heavy atom. The highest BCUT2D eigenvalue weighted by Crippen LogP contribution is 2.22. The summed E-state index contributed by atoms with van der Waals surface area (Å²) >= 11 is 0. The lowest BCUT2D eigenvalue weighted by Crippen LogP contribution is -2.59. The fraction of sp³-hybridized carbons (Fsp3) is 0.744. The Labute approximate surface area is 295 Å². The zero-order chi connectivity index (χ0) is 36.0. The monoisotopic (exact) mass is 694 g/mol. The summed E-state index contributed by atoms with van der Waals surface area (Å²) in [5.41, 5.74) is 0. The first-order chi connectivity index (χ1) is 23.8. The molecule has 0 aromatic heterocycles. The molecular formula is C39H66O10. The van der Waals surface area contributed by atoms with Gasteiger partial charge in [0, 0.05) is 12.8 Å². The minimum absolute atomic E-state index is 0.177. The number of unbranched alkanes of at least 4 members (excludes halogenated alkanes) is 10. The van der Waals surface area contributed by atoms with Crippen molar-refractivity contribution in [1.82, 2.24) is 0 Å². The summed E-state index contributed by atoms with van der Waals surface area (Å²) in [6, 6.07) is 0. The highest BCUT2D eigenvalue weighted by atomic mass is 16.7. The number of aliphatic hydroxyl groups excluding tert-OH is 4. The third-order valence-electron chi connectivity index (χ3n) is 8.23. The molecule has 10 heteroatoms. The highest BCUT2D eigenvalue weighted by molar-refractivity contribution is 5.70. The van der Waals surface area contributed by atoms with E-state index >= 15 is 0 Å². The Morgan fingerprint density at radius 3 is 1.82 bits per heavy atom. The van der Waals surface area contributed by atoms with Crippen LogP contribution in [0, 0.1) is 0 Å². The molecule has 0 aliphatic carbocycles. The summed E-state index contributed by atoms with van der Waals surface area (Å²) in [7, 11) is 0. The molecular weight excluding hydrogens is 628 g/mol. The zero-order valence-corrected chi connectivity index (χ0v) is 30.2. The average molecular weight is 695 g/mol. The first-order valence-electron chi connectivity index (χ1n) is 18.7. The number of hydrogen-bond donors (Lipinski definition) is 4. The van der Waals surface area contributed by atoms with Gasteiger partial charge in [-0.25, -0.2) is 0 Å². The SMILES string of the molecule is CC/C=C\C/C=C\C/C=C\C/C=C\CCCCC(=O)OC(COC(=O)CCCCCCCCCCC)COC1OC(CO)C(O)C(O)C1O. The lowest BCUT2D eigenvalue weighted by atomic mass is 9.99. The molecule has 6 atom stereocenters. The molecule has 6 unspecified atom stereocenters. The summed E-state index contributed by atoms with van der Waals surface area (Å²) in [6.45, 7) is 3.21. The fourth-order valence-corrected chi connectivity index (χ4v) is 5.24. The molecule has 4 N–H and O–H groups in total. The van der Waals surface area contributed by atoms with Gasteiger partial charge in [-0.15, -0.1) is 0 Å². The van der Waals surface area contributed by atoms with Crippen LogP contribution in [0.3, 0.4) is 0 Å². The second-order valence-electron chi connectivity index (χ2n) is 12.7. The molecule has 1 saturated heterocycles. The molecule has 10 nitrogen and oxygen atoms in total. The number of rotatable bonds is 29. The van der Waals surface area contributed by atoms with Gasteiger partial charge in [-0.3, -0.25) is 9.59 Å². The number of esters is 2. The topological polar surface area (TPSA) is 152 Å².